The van der Waals surface area contributed by atoms with Crippen LogP contribution >= 0.6 is 22.9 Å². The zero-order valence-electron chi connectivity index (χ0n) is 10.3. The Balaban J connectivity index is 1.83. The van der Waals surface area contributed by atoms with E-state index in [-0.39, 0.29) is 5.91 Å². The lowest BCUT2D eigenvalue weighted by molar-refractivity contribution is 0.0817. The highest BCUT2D eigenvalue weighted by atomic mass is 35.5. The minimum absolute atomic E-state index is 0.0698. The highest BCUT2D eigenvalue weighted by molar-refractivity contribution is 7.15. The van der Waals surface area contributed by atoms with Crippen molar-refractivity contribution in [2.45, 2.75) is 13.1 Å². The summed E-state index contributed by atoms with van der Waals surface area (Å²) in [5.74, 6) is 0.0698. The van der Waals surface area contributed by atoms with Gasteiger partial charge in [-0.2, -0.15) is 0 Å². The molecule has 4 nitrogen and oxygen atoms in total. The topological polar surface area (TPSA) is 45.2 Å². The first-order valence-electron chi connectivity index (χ1n) is 5.86. The number of thiazole rings is 1. The molecular weight excluding hydrogens is 282 g/mol. The first-order valence-corrected chi connectivity index (χ1v) is 7.06. The van der Waals surface area contributed by atoms with E-state index >= 15 is 0 Å². The molecule has 0 radical (unpaired) electrons. The van der Waals surface area contributed by atoms with E-state index < -0.39 is 0 Å². The second kappa shape index (κ2) is 4.83. The summed E-state index contributed by atoms with van der Waals surface area (Å²) in [7, 11) is 1.81. The molecular formula is C13H12ClN3OS. The van der Waals surface area contributed by atoms with Gasteiger partial charge in [0.25, 0.3) is 5.91 Å². The molecule has 1 aliphatic heterocycles. The van der Waals surface area contributed by atoms with E-state index in [1.165, 1.54) is 11.3 Å². The molecule has 1 aromatic carbocycles. The van der Waals surface area contributed by atoms with E-state index in [0.717, 1.165) is 21.7 Å². The van der Waals surface area contributed by atoms with E-state index in [0.29, 0.717) is 17.6 Å². The predicted molar refractivity (Wildman–Crippen MR) is 76.7 cm³/mol. The van der Waals surface area contributed by atoms with E-state index in [4.69, 9.17) is 11.6 Å². The van der Waals surface area contributed by atoms with E-state index in [1.807, 2.05) is 25.2 Å². The van der Waals surface area contributed by atoms with Gasteiger partial charge < -0.3 is 10.2 Å². The van der Waals surface area contributed by atoms with E-state index in [1.54, 1.807) is 11.1 Å². The van der Waals surface area contributed by atoms with Crippen LogP contribution in [-0.4, -0.2) is 22.8 Å². The fourth-order valence-corrected chi connectivity index (χ4v) is 3.12. The normalized spacial score (nSPS) is 13.8. The van der Waals surface area contributed by atoms with Crippen LogP contribution in [0, 0.1) is 0 Å². The summed E-state index contributed by atoms with van der Waals surface area (Å²) in [6.07, 6.45) is 1.75. The zero-order valence-corrected chi connectivity index (χ0v) is 11.9. The monoisotopic (exact) mass is 293 g/mol. The van der Waals surface area contributed by atoms with Gasteiger partial charge in [0, 0.05) is 30.4 Å². The second-order valence-corrected chi connectivity index (χ2v) is 6.13. The molecule has 98 valence electrons. The predicted octanol–water partition coefficient (Wildman–Crippen LogP) is 2.99. The van der Waals surface area contributed by atoms with Gasteiger partial charge in [-0.05, 0) is 11.6 Å². The molecule has 0 unspecified atom stereocenters. The molecule has 1 aliphatic rings. The lowest BCUT2D eigenvalue weighted by Crippen LogP contribution is -2.18. The lowest BCUT2D eigenvalue weighted by atomic mass is 10.1. The van der Waals surface area contributed by atoms with Crippen LogP contribution in [0.15, 0.2) is 24.4 Å². The quantitative estimate of drug-likeness (QED) is 0.946. The summed E-state index contributed by atoms with van der Waals surface area (Å²) in [5.41, 5.74) is 2.72. The Kier molecular flexibility index (Phi) is 3.16. The molecule has 19 heavy (non-hydrogen) atoms. The number of aromatic nitrogens is 1. The molecule has 1 N–H and O–H groups in total. The van der Waals surface area contributed by atoms with E-state index in [9.17, 15) is 4.79 Å². The smallest absolute Gasteiger partial charge is 0.256 e. The third-order valence-electron chi connectivity index (χ3n) is 3.10. The number of rotatable bonds is 3. The molecule has 1 aromatic heterocycles. The fourth-order valence-electron chi connectivity index (χ4n) is 2.20. The van der Waals surface area contributed by atoms with Gasteiger partial charge in [0.2, 0.25) is 0 Å². The minimum atomic E-state index is 0.0698. The summed E-state index contributed by atoms with van der Waals surface area (Å²) in [6, 6.07) is 5.89. The molecule has 0 bridgehead atoms. The van der Waals surface area contributed by atoms with Crippen LogP contribution in [0.25, 0.3) is 0 Å². The highest BCUT2D eigenvalue weighted by Gasteiger charge is 2.26. The first-order chi connectivity index (χ1) is 9.15. The number of anilines is 1. The highest BCUT2D eigenvalue weighted by Crippen LogP contribution is 2.29. The summed E-state index contributed by atoms with van der Waals surface area (Å²) >= 11 is 7.24. The molecule has 0 spiro atoms. The Hall–Kier alpha value is -1.59. The number of hydrogen-bond donors (Lipinski definition) is 1. The van der Waals surface area contributed by atoms with Gasteiger partial charge >= 0.3 is 0 Å². The number of fused-ring (bicyclic) bond motifs is 1. The Labute approximate surface area is 120 Å². The fraction of sp³-hybridized carbons (Fsp3) is 0.231. The van der Waals surface area contributed by atoms with Crippen molar-refractivity contribution in [3.63, 3.8) is 0 Å². The SMILES string of the molecule is CN1Cc2cccc(NCc3cnc(Cl)s3)c2C1=O. The molecule has 0 fully saturated rings. The van der Waals surface area contributed by atoms with Crippen LogP contribution < -0.4 is 5.32 Å². The van der Waals surface area contributed by atoms with Crippen molar-refractivity contribution >= 4 is 34.5 Å². The molecule has 2 aromatic rings. The van der Waals surface area contributed by atoms with E-state index in [2.05, 4.69) is 10.3 Å². The summed E-state index contributed by atoms with van der Waals surface area (Å²) in [6.45, 7) is 1.30. The van der Waals surface area contributed by atoms with Gasteiger partial charge in [0.1, 0.15) is 0 Å². The molecule has 2 heterocycles. The molecule has 0 saturated carbocycles. The Morgan fingerprint density at radius 3 is 3.11 bits per heavy atom. The summed E-state index contributed by atoms with van der Waals surface area (Å²) < 4.78 is 0.533. The van der Waals surface area contributed by atoms with Crippen molar-refractivity contribution in [1.29, 1.82) is 0 Å². The Morgan fingerprint density at radius 1 is 1.53 bits per heavy atom. The van der Waals surface area contributed by atoms with Crippen molar-refractivity contribution in [1.82, 2.24) is 9.88 Å². The number of hydrogen-bond acceptors (Lipinski definition) is 4. The van der Waals surface area contributed by atoms with Gasteiger partial charge in [0.05, 0.1) is 12.1 Å². The second-order valence-electron chi connectivity index (χ2n) is 4.43. The number of halogens is 1. The molecule has 0 atom stereocenters. The van der Waals surface area contributed by atoms with Gasteiger partial charge in [-0.1, -0.05) is 23.7 Å². The van der Waals surface area contributed by atoms with Crippen LogP contribution in [-0.2, 0) is 13.1 Å². The molecule has 1 amide bonds. The minimum Gasteiger partial charge on any atom is -0.379 e. The van der Waals surface area contributed by atoms with Gasteiger partial charge in [-0.25, -0.2) is 4.98 Å². The summed E-state index contributed by atoms with van der Waals surface area (Å²) in [4.78, 5) is 18.8. The summed E-state index contributed by atoms with van der Waals surface area (Å²) in [5, 5.41) is 3.29. The number of carbonyl (C=O) groups is 1. The van der Waals surface area contributed by atoms with Crippen LogP contribution in [0.1, 0.15) is 20.8 Å². The first kappa shape index (κ1) is 12.4. The standard InChI is InChI=1S/C13H12ClN3OS/c1-17-7-8-3-2-4-10(11(8)12(17)18)15-5-9-6-16-13(14)19-9/h2-4,6,15H,5,7H2,1H3. The molecule has 0 aliphatic carbocycles. The van der Waals surface area contributed by atoms with Crippen LogP contribution in [0.5, 0.6) is 0 Å². The third kappa shape index (κ3) is 2.31. The number of nitrogens with one attached hydrogen (secondary N) is 1. The van der Waals surface area contributed by atoms with Gasteiger partial charge in [-0.15, -0.1) is 11.3 Å². The molecule has 6 heteroatoms. The maximum absolute atomic E-state index is 12.1. The van der Waals surface area contributed by atoms with Gasteiger partial charge in [-0.3, -0.25) is 4.79 Å². The largest absolute Gasteiger partial charge is 0.379 e. The lowest BCUT2D eigenvalue weighted by Gasteiger charge is -2.09. The van der Waals surface area contributed by atoms with Crippen LogP contribution in [0.2, 0.25) is 4.47 Å². The van der Waals surface area contributed by atoms with Crippen LogP contribution in [0.4, 0.5) is 5.69 Å². The zero-order chi connectivity index (χ0) is 13.4. The molecule has 3 rings (SSSR count). The average molecular weight is 294 g/mol. The van der Waals surface area contributed by atoms with Gasteiger partial charge in [0.15, 0.2) is 4.47 Å². The van der Waals surface area contributed by atoms with Crippen molar-refractivity contribution in [3.8, 4) is 0 Å². The van der Waals surface area contributed by atoms with Crippen molar-refractivity contribution in [2.75, 3.05) is 12.4 Å². The number of amides is 1. The van der Waals surface area contributed by atoms with Crippen molar-refractivity contribution in [3.05, 3.63) is 44.9 Å². The Morgan fingerprint density at radius 2 is 2.37 bits per heavy atom. The average Bonchev–Trinajstić information content (AvgIpc) is 2.93. The number of benzene rings is 1. The third-order valence-corrected chi connectivity index (χ3v) is 4.21. The Bertz CT molecular complexity index is 641. The number of carbonyl (C=O) groups excluding carboxylic acids is 1. The van der Waals surface area contributed by atoms with Crippen molar-refractivity contribution < 1.29 is 4.79 Å². The number of nitrogens with zero attached hydrogens (tertiary/aromatic N) is 2. The molecule has 0 saturated heterocycles. The maximum Gasteiger partial charge on any atom is 0.256 e. The van der Waals surface area contributed by atoms with Crippen LogP contribution in [0.3, 0.4) is 0 Å². The van der Waals surface area contributed by atoms with Crippen molar-refractivity contribution in [2.24, 2.45) is 0 Å². The maximum atomic E-state index is 12.1.